The second-order valence-electron chi connectivity index (χ2n) is 5.67. The average Bonchev–Trinajstić information content (AvgIpc) is 2.60. The van der Waals surface area contributed by atoms with E-state index < -0.39 is 34.9 Å². The highest BCUT2D eigenvalue weighted by Gasteiger charge is 2.36. The van der Waals surface area contributed by atoms with Crippen LogP contribution in [0.5, 0.6) is 0 Å². The number of benzene rings is 2. The van der Waals surface area contributed by atoms with Gasteiger partial charge in [-0.3, -0.25) is 19.8 Å². The maximum atomic E-state index is 13.4. The molecule has 1 N–H and O–H groups in total. The highest BCUT2D eigenvalue weighted by molar-refractivity contribution is 7.80. The fraction of sp³-hybridized carbons (Fsp3) is 0.0556. The number of rotatable bonds is 2. The number of halogens is 5. The van der Waals surface area contributed by atoms with E-state index in [2.05, 4.69) is 5.32 Å². The molecule has 2 amide bonds. The number of nitrogens with zero attached hydrogens (tertiary/aromatic N) is 1. The second-order valence-corrected chi connectivity index (χ2v) is 6.49. The van der Waals surface area contributed by atoms with E-state index in [9.17, 15) is 27.2 Å². The summed E-state index contributed by atoms with van der Waals surface area (Å²) in [6, 6.07) is 8.13. The molecule has 1 fully saturated rings. The molecule has 1 saturated heterocycles. The zero-order valence-corrected chi connectivity index (χ0v) is 15.3. The maximum Gasteiger partial charge on any atom is 0.419 e. The Morgan fingerprint density at radius 2 is 1.71 bits per heavy atom. The lowest BCUT2D eigenvalue weighted by atomic mass is 10.0. The Morgan fingerprint density at radius 1 is 1.07 bits per heavy atom. The maximum absolute atomic E-state index is 13.4. The molecule has 10 heteroatoms. The number of alkyl halides is 3. The summed E-state index contributed by atoms with van der Waals surface area (Å²) in [6.07, 6.45) is -3.98. The van der Waals surface area contributed by atoms with Crippen molar-refractivity contribution in [2.24, 2.45) is 0 Å². The van der Waals surface area contributed by atoms with E-state index in [0.29, 0.717) is 22.8 Å². The van der Waals surface area contributed by atoms with Gasteiger partial charge in [0.1, 0.15) is 11.4 Å². The lowest BCUT2D eigenvalue weighted by Gasteiger charge is -2.29. The van der Waals surface area contributed by atoms with Crippen LogP contribution in [0.15, 0.2) is 48.0 Å². The molecule has 0 unspecified atom stereocenters. The van der Waals surface area contributed by atoms with Crippen LogP contribution in [0.2, 0.25) is 5.02 Å². The summed E-state index contributed by atoms with van der Waals surface area (Å²) in [5.41, 5.74) is -1.82. The van der Waals surface area contributed by atoms with Crippen LogP contribution < -0.4 is 10.2 Å². The van der Waals surface area contributed by atoms with Gasteiger partial charge in [0.2, 0.25) is 0 Å². The Balaban J connectivity index is 2.03. The molecule has 0 radical (unpaired) electrons. The van der Waals surface area contributed by atoms with E-state index in [1.807, 2.05) is 0 Å². The Bertz CT molecular complexity index is 1020. The van der Waals surface area contributed by atoms with Gasteiger partial charge < -0.3 is 0 Å². The monoisotopic (exact) mass is 428 g/mol. The van der Waals surface area contributed by atoms with E-state index in [-0.39, 0.29) is 10.7 Å². The number of amides is 2. The Kier molecular flexibility index (Phi) is 5.22. The minimum atomic E-state index is -4.92. The smallest absolute Gasteiger partial charge is 0.298 e. The predicted molar refractivity (Wildman–Crippen MR) is 99.1 cm³/mol. The van der Waals surface area contributed by atoms with Crippen molar-refractivity contribution in [1.82, 2.24) is 5.32 Å². The number of anilines is 1. The number of hydrogen-bond donors (Lipinski definition) is 1. The van der Waals surface area contributed by atoms with Crippen molar-refractivity contribution < 1.29 is 27.2 Å². The number of nitrogens with one attached hydrogen (secondary N) is 1. The van der Waals surface area contributed by atoms with Gasteiger partial charge in [0.05, 0.1) is 11.3 Å². The van der Waals surface area contributed by atoms with Gasteiger partial charge in [-0.2, -0.15) is 13.2 Å². The molecule has 144 valence electrons. The highest BCUT2D eigenvalue weighted by atomic mass is 35.5. The molecular weight excluding hydrogens is 420 g/mol. The largest absolute Gasteiger partial charge is 0.419 e. The molecule has 2 aromatic rings. The lowest BCUT2D eigenvalue weighted by molar-refractivity contribution is -0.140. The third kappa shape index (κ3) is 3.90. The van der Waals surface area contributed by atoms with E-state index in [1.165, 1.54) is 24.3 Å². The molecule has 0 atom stereocenters. The van der Waals surface area contributed by atoms with Crippen LogP contribution in [-0.2, 0) is 15.8 Å². The van der Waals surface area contributed by atoms with Crippen LogP contribution in [0, 0.1) is 5.82 Å². The van der Waals surface area contributed by atoms with Gasteiger partial charge in [0, 0.05) is 5.02 Å². The summed E-state index contributed by atoms with van der Waals surface area (Å²) >= 11 is 10.8. The van der Waals surface area contributed by atoms with Crippen molar-refractivity contribution in [2.45, 2.75) is 6.18 Å². The highest BCUT2D eigenvalue weighted by Crippen LogP contribution is 2.32. The predicted octanol–water partition coefficient (Wildman–Crippen LogP) is 4.33. The zero-order chi connectivity index (χ0) is 20.6. The lowest BCUT2D eigenvalue weighted by Crippen LogP contribution is -2.54. The quantitative estimate of drug-likeness (QED) is 0.335. The molecule has 0 aromatic heterocycles. The summed E-state index contributed by atoms with van der Waals surface area (Å²) in [6.45, 7) is 0. The zero-order valence-electron chi connectivity index (χ0n) is 13.7. The molecule has 0 spiro atoms. The first-order chi connectivity index (χ1) is 13.1. The van der Waals surface area contributed by atoms with Gasteiger partial charge in [-0.1, -0.05) is 17.7 Å². The van der Waals surface area contributed by atoms with Crippen molar-refractivity contribution in [1.29, 1.82) is 0 Å². The summed E-state index contributed by atoms with van der Waals surface area (Å²) in [5, 5.41) is 2.52. The van der Waals surface area contributed by atoms with Crippen LogP contribution in [-0.4, -0.2) is 16.9 Å². The van der Waals surface area contributed by atoms with Crippen LogP contribution in [0.1, 0.15) is 11.1 Å². The average molecular weight is 429 g/mol. The normalized spacial score (nSPS) is 16.5. The summed E-state index contributed by atoms with van der Waals surface area (Å²) in [5.74, 6) is -3.18. The summed E-state index contributed by atoms with van der Waals surface area (Å²) < 4.78 is 52.1. The third-order valence-corrected chi connectivity index (χ3v) is 4.33. The van der Waals surface area contributed by atoms with Crippen LogP contribution in [0.25, 0.3) is 6.08 Å². The van der Waals surface area contributed by atoms with E-state index in [1.54, 1.807) is 0 Å². The van der Waals surface area contributed by atoms with Gasteiger partial charge in [0.25, 0.3) is 11.8 Å². The van der Waals surface area contributed by atoms with Gasteiger partial charge in [-0.15, -0.1) is 0 Å². The molecule has 4 nitrogen and oxygen atoms in total. The standard InChI is InChI=1S/C18H9ClF4N2O2S/c19-10-2-4-11(5-3-10)25-16(27)12(15(26)24-17(25)28)7-9-1-6-14(20)13(8-9)18(21,22)23/h1-8H,(H,24,26,28)/b12-7+. The van der Waals surface area contributed by atoms with E-state index >= 15 is 0 Å². The Morgan fingerprint density at radius 3 is 2.32 bits per heavy atom. The first-order valence-corrected chi connectivity index (χ1v) is 8.40. The van der Waals surface area contributed by atoms with Crippen molar-refractivity contribution in [3.63, 3.8) is 0 Å². The third-order valence-electron chi connectivity index (χ3n) is 3.79. The first kappa shape index (κ1) is 20.0. The van der Waals surface area contributed by atoms with E-state index in [0.717, 1.165) is 17.0 Å². The van der Waals surface area contributed by atoms with Crippen molar-refractivity contribution in [2.75, 3.05) is 4.90 Å². The fourth-order valence-corrected chi connectivity index (χ4v) is 2.91. The Hall–Kier alpha value is -2.78. The van der Waals surface area contributed by atoms with Crippen LogP contribution >= 0.6 is 23.8 Å². The molecule has 2 aromatic carbocycles. The summed E-state index contributed by atoms with van der Waals surface area (Å²) in [7, 11) is 0. The van der Waals surface area contributed by atoms with Gasteiger partial charge in [0.15, 0.2) is 5.11 Å². The molecule has 0 aliphatic carbocycles. The van der Waals surface area contributed by atoms with Crippen LogP contribution in [0.3, 0.4) is 0 Å². The molecule has 0 bridgehead atoms. The topological polar surface area (TPSA) is 49.4 Å². The van der Waals surface area contributed by atoms with Crippen molar-refractivity contribution >= 4 is 52.5 Å². The minimum absolute atomic E-state index is 0.170. The molecule has 3 rings (SSSR count). The fourth-order valence-electron chi connectivity index (χ4n) is 2.50. The number of hydrogen-bond acceptors (Lipinski definition) is 3. The minimum Gasteiger partial charge on any atom is -0.298 e. The van der Waals surface area contributed by atoms with Crippen LogP contribution in [0.4, 0.5) is 23.2 Å². The first-order valence-electron chi connectivity index (χ1n) is 7.61. The molecule has 28 heavy (non-hydrogen) atoms. The Labute approximate surface area is 166 Å². The SMILES string of the molecule is O=C1NC(=S)N(c2ccc(Cl)cc2)C(=O)/C1=C/c1ccc(F)c(C(F)(F)F)c1. The van der Waals surface area contributed by atoms with Gasteiger partial charge >= 0.3 is 6.18 Å². The number of carbonyl (C=O) groups is 2. The van der Waals surface area contributed by atoms with Gasteiger partial charge in [-0.25, -0.2) is 4.39 Å². The van der Waals surface area contributed by atoms with E-state index in [4.69, 9.17) is 23.8 Å². The molecule has 0 saturated carbocycles. The van der Waals surface area contributed by atoms with Crippen molar-refractivity contribution in [3.05, 3.63) is 70.0 Å². The number of carbonyl (C=O) groups excluding carboxylic acids is 2. The molecule has 1 heterocycles. The molecule has 1 aliphatic rings. The summed E-state index contributed by atoms with van der Waals surface area (Å²) in [4.78, 5) is 25.9. The van der Waals surface area contributed by atoms with Gasteiger partial charge in [-0.05, 0) is 60.3 Å². The second kappa shape index (κ2) is 7.33. The molecular formula is C18H9ClF4N2O2S. The van der Waals surface area contributed by atoms with Crippen molar-refractivity contribution in [3.8, 4) is 0 Å². The number of thiocarbonyl (C=S) groups is 1. The molecule has 1 aliphatic heterocycles.